The molecule has 0 aliphatic carbocycles. The highest BCUT2D eigenvalue weighted by Gasteiger charge is 2.24. The molecule has 4 nitrogen and oxygen atoms in total. The molecule has 0 bridgehead atoms. The number of piperidine rings is 1. The SMILES string of the molecule is CN=C(NCC(C)(C)c1cccc(OC)c1)N1CCC(C)CC1.I. The Morgan fingerprint density at radius 1 is 1.33 bits per heavy atom. The number of nitrogens with zero attached hydrogens (tertiary/aromatic N) is 2. The summed E-state index contributed by atoms with van der Waals surface area (Å²) >= 11 is 0. The van der Waals surface area contributed by atoms with Gasteiger partial charge in [-0.25, -0.2) is 0 Å². The first-order chi connectivity index (χ1) is 11.0. The Labute approximate surface area is 164 Å². The number of guanidine groups is 1. The van der Waals surface area contributed by atoms with Gasteiger partial charge in [0.25, 0.3) is 0 Å². The molecule has 1 heterocycles. The molecular weight excluding hydrogens is 413 g/mol. The Morgan fingerprint density at radius 3 is 2.58 bits per heavy atom. The van der Waals surface area contributed by atoms with E-state index in [2.05, 4.69) is 54.2 Å². The summed E-state index contributed by atoms with van der Waals surface area (Å²) in [4.78, 5) is 6.85. The topological polar surface area (TPSA) is 36.9 Å². The van der Waals surface area contributed by atoms with Crippen LogP contribution in [0.1, 0.15) is 39.2 Å². The van der Waals surface area contributed by atoms with Crippen LogP contribution in [0.4, 0.5) is 0 Å². The number of hydrogen-bond donors (Lipinski definition) is 1. The molecule has 1 saturated heterocycles. The first kappa shape index (κ1) is 21.1. The van der Waals surface area contributed by atoms with E-state index < -0.39 is 0 Å². The molecule has 1 aliphatic rings. The van der Waals surface area contributed by atoms with Gasteiger partial charge < -0.3 is 15.0 Å². The second-order valence-corrected chi connectivity index (χ2v) is 7.19. The standard InChI is InChI=1S/C19H31N3O.HI/c1-15-9-11-22(12-10-15)18(20-4)21-14-19(2,3)16-7-6-8-17(13-16)23-5;/h6-8,13,15H,9-12,14H2,1-5H3,(H,20,21);1H. The minimum absolute atomic E-state index is 0. The van der Waals surface area contributed by atoms with E-state index in [1.54, 1.807) is 7.11 Å². The number of aliphatic imine (C=N–C) groups is 1. The van der Waals surface area contributed by atoms with Gasteiger partial charge in [0, 0.05) is 32.1 Å². The predicted molar refractivity (Wildman–Crippen MR) is 113 cm³/mol. The molecule has 0 saturated carbocycles. The molecule has 0 spiro atoms. The monoisotopic (exact) mass is 445 g/mol. The highest BCUT2D eigenvalue weighted by atomic mass is 127. The number of nitrogens with one attached hydrogen (secondary N) is 1. The molecule has 1 N–H and O–H groups in total. The third-order valence-corrected chi connectivity index (χ3v) is 4.83. The first-order valence-electron chi connectivity index (χ1n) is 8.56. The fraction of sp³-hybridized carbons (Fsp3) is 0.632. The highest BCUT2D eigenvalue weighted by Crippen LogP contribution is 2.26. The van der Waals surface area contributed by atoms with Gasteiger partial charge in [-0.15, -0.1) is 24.0 Å². The van der Waals surface area contributed by atoms with Crippen LogP contribution >= 0.6 is 24.0 Å². The Kier molecular flexibility index (Phi) is 8.33. The van der Waals surface area contributed by atoms with E-state index in [1.807, 2.05) is 13.1 Å². The van der Waals surface area contributed by atoms with E-state index in [9.17, 15) is 0 Å². The van der Waals surface area contributed by atoms with Gasteiger partial charge in [-0.3, -0.25) is 4.99 Å². The quantitative estimate of drug-likeness (QED) is 0.434. The van der Waals surface area contributed by atoms with Crippen molar-refractivity contribution in [2.24, 2.45) is 10.9 Å². The van der Waals surface area contributed by atoms with Gasteiger partial charge in [0.2, 0.25) is 0 Å². The van der Waals surface area contributed by atoms with E-state index in [-0.39, 0.29) is 29.4 Å². The minimum atomic E-state index is 0. The molecule has 1 aromatic carbocycles. The van der Waals surface area contributed by atoms with E-state index in [4.69, 9.17) is 4.74 Å². The summed E-state index contributed by atoms with van der Waals surface area (Å²) in [5.41, 5.74) is 1.28. The van der Waals surface area contributed by atoms with Crippen LogP contribution in [0.3, 0.4) is 0 Å². The highest BCUT2D eigenvalue weighted by molar-refractivity contribution is 14.0. The molecule has 2 rings (SSSR count). The number of halogens is 1. The molecule has 0 atom stereocenters. The number of rotatable bonds is 4. The lowest BCUT2D eigenvalue weighted by Gasteiger charge is -2.35. The molecule has 0 aromatic heterocycles. The second-order valence-electron chi connectivity index (χ2n) is 7.19. The predicted octanol–water partition coefficient (Wildman–Crippen LogP) is 3.90. The number of methoxy groups -OCH3 is 1. The van der Waals surface area contributed by atoms with Crippen molar-refractivity contribution < 1.29 is 4.74 Å². The van der Waals surface area contributed by atoms with Gasteiger partial charge in [-0.1, -0.05) is 32.9 Å². The van der Waals surface area contributed by atoms with Crippen molar-refractivity contribution in [3.8, 4) is 5.75 Å². The van der Waals surface area contributed by atoms with Crippen molar-refractivity contribution in [1.82, 2.24) is 10.2 Å². The molecular formula is C19H32IN3O. The molecule has 1 aromatic rings. The molecule has 1 fully saturated rings. The van der Waals surface area contributed by atoms with Crippen LogP contribution in [0, 0.1) is 5.92 Å². The maximum Gasteiger partial charge on any atom is 0.193 e. The normalized spacial score (nSPS) is 16.5. The maximum absolute atomic E-state index is 5.35. The van der Waals surface area contributed by atoms with E-state index in [0.29, 0.717) is 0 Å². The first-order valence-corrected chi connectivity index (χ1v) is 8.56. The van der Waals surface area contributed by atoms with E-state index >= 15 is 0 Å². The average molecular weight is 445 g/mol. The van der Waals surface area contributed by atoms with Crippen LogP contribution in [-0.2, 0) is 5.41 Å². The molecule has 136 valence electrons. The Bertz CT molecular complexity index is 537. The van der Waals surface area contributed by atoms with Crippen molar-refractivity contribution >= 4 is 29.9 Å². The third-order valence-electron chi connectivity index (χ3n) is 4.83. The number of benzene rings is 1. The summed E-state index contributed by atoms with van der Waals surface area (Å²) in [5.74, 6) is 2.76. The Balaban J connectivity index is 0.00000288. The maximum atomic E-state index is 5.35. The molecule has 0 radical (unpaired) electrons. The minimum Gasteiger partial charge on any atom is -0.497 e. The van der Waals surface area contributed by atoms with Crippen LogP contribution < -0.4 is 10.1 Å². The van der Waals surface area contributed by atoms with E-state index in [0.717, 1.165) is 37.3 Å². The number of likely N-dealkylation sites (tertiary alicyclic amines) is 1. The zero-order valence-corrected chi connectivity index (χ0v) is 18.0. The van der Waals surface area contributed by atoms with Gasteiger partial charge >= 0.3 is 0 Å². The Morgan fingerprint density at radius 2 is 2.00 bits per heavy atom. The van der Waals surface area contributed by atoms with Crippen LogP contribution in [0.25, 0.3) is 0 Å². The third kappa shape index (κ3) is 5.53. The summed E-state index contributed by atoms with van der Waals surface area (Å²) in [6.45, 7) is 9.87. The van der Waals surface area contributed by atoms with E-state index in [1.165, 1.54) is 18.4 Å². The molecule has 24 heavy (non-hydrogen) atoms. The van der Waals surface area contributed by atoms with Crippen LogP contribution in [0.2, 0.25) is 0 Å². The zero-order chi connectivity index (χ0) is 16.9. The van der Waals surface area contributed by atoms with Crippen molar-refractivity contribution in [2.75, 3.05) is 33.8 Å². The van der Waals surface area contributed by atoms with Crippen LogP contribution in [0.5, 0.6) is 5.75 Å². The largest absolute Gasteiger partial charge is 0.497 e. The second kappa shape index (κ2) is 9.49. The lowest BCUT2D eigenvalue weighted by atomic mass is 9.84. The fourth-order valence-electron chi connectivity index (χ4n) is 3.00. The van der Waals surface area contributed by atoms with Crippen LogP contribution in [0.15, 0.2) is 29.3 Å². The fourth-order valence-corrected chi connectivity index (χ4v) is 3.00. The summed E-state index contributed by atoms with van der Waals surface area (Å²) < 4.78 is 5.35. The van der Waals surface area contributed by atoms with Gasteiger partial charge in [-0.05, 0) is 36.5 Å². The van der Waals surface area contributed by atoms with Crippen molar-refractivity contribution in [3.05, 3.63) is 29.8 Å². The lowest BCUT2D eigenvalue weighted by molar-refractivity contribution is 0.272. The van der Waals surface area contributed by atoms with Crippen LogP contribution in [-0.4, -0.2) is 44.7 Å². The number of hydrogen-bond acceptors (Lipinski definition) is 2. The lowest BCUT2D eigenvalue weighted by Crippen LogP contribution is -2.48. The van der Waals surface area contributed by atoms with Gasteiger partial charge in [-0.2, -0.15) is 0 Å². The Hall–Kier alpha value is -0.980. The summed E-state index contributed by atoms with van der Waals surface area (Å²) in [6.07, 6.45) is 2.50. The molecule has 1 aliphatic heterocycles. The summed E-state index contributed by atoms with van der Waals surface area (Å²) in [6, 6.07) is 8.32. The van der Waals surface area contributed by atoms with Crippen molar-refractivity contribution in [2.45, 2.75) is 39.0 Å². The van der Waals surface area contributed by atoms with Gasteiger partial charge in [0.1, 0.15) is 5.75 Å². The summed E-state index contributed by atoms with van der Waals surface area (Å²) in [7, 11) is 3.59. The number of ether oxygens (including phenoxy) is 1. The van der Waals surface area contributed by atoms with Gasteiger partial charge in [0.05, 0.1) is 7.11 Å². The smallest absolute Gasteiger partial charge is 0.193 e. The molecule has 5 heteroatoms. The molecule has 0 unspecified atom stereocenters. The average Bonchev–Trinajstić information content (AvgIpc) is 2.57. The van der Waals surface area contributed by atoms with Crippen molar-refractivity contribution in [3.63, 3.8) is 0 Å². The molecule has 0 amide bonds. The zero-order valence-electron chi connectivity index (χ0n) is 15.6. The van der Waals surface area contributed by atoms with Crippen molar-refractivity contribution in [1.29, 1.82) is 0 Å². The summed E-state index contributed by atoms with van der Waals surface area (Å²) in [5, 5.41) is 3.57. The van der Waals surface area contributed by atoms with Gasteiger partial charge in [0.15, 0.2) is 5.96 Å².